The third-order valence-electron chi connectivity index (χ3n) is 10.3. The number of aromatic nitrogens is 2. The molecule has 0 saturated carbocycles. The molecule has 6 heteroatoms. The Bertz CT molecular complexity index is 2920. The van der Waals surface area contributed by atoms with Gasteiger partial charge in [0.15, 0.2) is 0 Å². The van der Waals surface area contributed by atoms with Gasteiger partial charge in [0.1, 0.15) is 5.82 Å². The van der Waals surface area contributed by atoms with Crippen LogP contribution in [0.3, 0.4) is 0 Å². The molecule has 10 rings (SSSR count). The summed E-state index contributed by atoms with van der Waals surface area (Å²) in [5.41, 5.74) is 12.7. The zero-order valence-corrected chi connectivity index (χ0v) is 32.8. The molecule has 0 aliphatic carbocycles. The van der Waals surface area contributed by atoms with Gasteiger partial charge in [-0.05, 0) is 70.1 Å². The Kier molecular flexibility index (Phi) is 9.56. The van der Waals surface area contributed by atoms with Gasteiger partial charge in [0.25, 0.3) is 0 Å². The number of pyridine rings is 1. The molecule has 9 aromatic rings. The van der Waals surface area contributed by atoms with E-state index in [1.807, 2.05) is 18.2 Å². The fraction of sp³-hybridized carbons (Fsp3) is 0. The summed E-state index contributed by atoms with van der Waals surface area (Å²) < 4.78 is 2.12. The zero-order valence-electron chi connectivity index (χ0n) is 30.5. The molecule has 5 nitrogen and oxygen atoms in total. The van der Waals surface area contributed by atoms with Crippen molar-refractivity contribution in [1.29, 1.82) is 5.26 Å². The number of anilines is 4. The van der Waals surface area contributed by atoms with Crippen LogP contribution in [0.4, 0.5) is 22.7 Å². The summed E-state index contributed by atoms with van der Waals surface area (Å²) in [7, 11) is 0. The van der Waals surface area contributed by atoms with Gasteiger partial charge in [-0.3, -0.25) is 0 Å². The van der Waals surface area contributed by atoms with Crippen LogP contribution in [0, 0.1) is 30.1 Å². The summed E-state index contributed by atoms with van der Waals surface area (Å²) >= 11 is 0. The van der Waals surface area contributed by atoms with Crippen molar-refractivity contribution in [3.8, 4) is 11.9 Å². The number of nitrogens with zero attached hydrogens (tertiary/aromatic N) is 5. The van der Waals surface area contributed by atoms with Crippen LogP contribution in [-0.2, 0) is 21.1 Å². The SMILES string of the molecule is N#Cc1ccnc(-n2c3[c-]c(C(=C(c4ccccc4)c4ccccc4)c4[c-]c(N5[CH-]N(c6ccccc6)c6ccccc65)ccc4)ccc3c3ccccc32)c1.[Pt]. The van der Waals surface area contributed by atoms with Gasteiger partial charge in [-0.15, -0.1) is 65.8 Å². The minimum absolute atomic E-state index is 0. The molecule has 0 fully saturated rings. The number of hydrogen-bond acceptors (Lipinski definition) is 4. The molecule has 2 aromatic heterocycles. The van der Waals surface area contributed by atoms with E-state index in [-0.39, 0.29) is 21.1 Å². The van der Waals surface area contributed by atoms with Crippen LogP contribution in [0.15, 0.2) is 188 Å². The molecule has 0 amide bonds. The molecular weight excluding hydrogens is 878 g/mol. The Morgan fingerprint density at radius 2 is 1.19 bits per heavy atom. The fourth-order valence-corrected chi connectivity index (χ4v) is 7.81. The van der Waals surface area contributed by atoms with Gasteiger partial charge in [-0.2, -0.15) is 5.26 Å². The summed E-state index contributed by atoms with van der Waals surface area (Å²) in [6.45, 7) is 2.15. The van der Waals surface area contributed by atoms with Crippen LogP contribution in [0.5, 0.6) is 0 Å². The van der Waals surface area contributed by atoms with Crippen molar-refractivity contribution in [3.05, 3.63) is 235 Å². The molecule has 0 bridgehead atoms. The number of rotatable bonds is 7. The Hall–Kier alpha value is -6.99. The summed E-state index contributed by atoms with van der Waals surface area (Å²) in [6.07, 6.45) is 1.69. The molecule has 3 heterocycles. The zero-order chi connectivity index (χ0) is 37.4. The van der Waals surface area contributed by atoms with E-state index in [1.165, 1.54) is 0 Å². The van der Waals surface area contributed by atoms with E-state index >= 15 is 0 Å². The first-order chi connectivity index (χ1) is 27.7. The van der Waals surface area contributed by atoms with Crippen LogP contribution in [0.25, 0.3) is 38.8 Å². The Balaban J connectivity index is 0.00000422. The van der Waals surface area contributed by atoms with Gasteiger partial charge in [0.2, 0.25) is 0 Å². The molecule has 0 N–H and O–H groups in total. The second-order valence-corrected chi connectivity index (χ2v) is 13.6. The maximum atomic E-state index is 9.82. The topological polar surface area (TPSA) is 48.1 Å². The Labute approximate surface area is 346 Å². The van der Waals surface area contributed by atoms with E-state index in [9.17, 15) is 5.26 Å². The largest absolute Gasteiger partial charge is 0.488 e. The predicted octanol–water partition coefficient (Wildman–Crippen LogP) is 12.1. The number of nitriles is 1. The maximum Gasteiger partial charge on any atom is 0.137 e. The van der Waals surface area contributed by atoms with E-state index in [2.05, 4.69) is 197 Å². The second-order valence-electron chi connectivity index (χ2n) is 13.6. The van der Waals surface area contributed by atoms with Gasteiger partial charge < -0.3 is 14.4 Å². The standard InChI is InChI=1S/C51H32N5.Pt/c52-34-36-29-30-53-49(31-36)56-45-24-11-10-23-43(45)44-28-27-40(33-48(44)56)51(50(37-15-4-1-5-16-37)38-17-6-2-7-18-38)39-19-14-22-42(32-39)55-35-54(41-20-8-3-9-21-41)46-25-12-13-26-47(46)55;/h1-31,35H;/q-3;. The third-order valence-corrected chi connectivity index (χ3v) is 10.3. The average Bonchev–Trinajstić information content (AvgIpc) is 3.83. The molecule has 1 aliphatic rings. The Morgan fingerprint density at radius 3 is 1.91 bits per heavy atom. The monoisotopic (exact) mass is 909 g/mol. The molecule has 0 unspecified atom stereocenters. The van der Waals surface area contributed by atoms with Gasteiger partial charge in [-0.25, -0.2) is 4.98 Å². The third kappa shape index (κ3) is 6.41. The van der Waals surface area contributed by atoms with Gasteiger partial charge >= 0.3 is 0 Å². The number of fused-ring (bicyclic) bond motifs is 4. The van der Waals surface area contributed by atoms with Crippen molar-refractivity contribution in [3.63, 3.8) is 0 Å². The average molecular weight is 910 g/mol. The first-order valence-electron chi connectivity index (χ1n) is 18.5. The van der Waals surface area contributed by atoms with E-state index in [0.717, 1.165) is 78.0 Å². The van der Waals surface area contributed by atoms with Crippen LogP contribution in [0.2, 0.25) is 0 Å². The summed E-state index contributed by atoms with van der Waals surface area (Å²) in [4.78, 5) is 9.19. The van der Waals surface area contributed by atoms with Crippen molar-refractivity contribution in [1.82, 2.24) is 9.55 Å². The quantitative estimate of drug-likeness (QED) is 0.118. The van der Waals surface area contributed by atoms with E-state index in [0.29, 0.717) is 11.4 Å². The number of hydrogen-bond donors (Lipinski definition) is 0. The number of para-hydroxylation sites is 4. The van der Waals surface area contributed by atoms with Crippen molar-refractivity contribution < 1.29 is 21.1 Å². The molecule has 0 atom stereocenters. The van der Waals surface area contributed by atoms with Crippen LogP contribution in [-0.4, -0.2) is 9.55 Å². The van der Waals surface area contributed by atoms with E-state index in [4.69, 9.17) is 4.98 Å². The Morgan fingerprint density at radius 1 is 0.561 bits per heavy atom. The second kappa shape index (κ2) is 15.3. The normalized spacial score (nSPS) is 11.9. The van der Waals surface area contributed by atoms with Crippen molar-refractivity contribution in [2.24, 2.45) is 0 Å². The van der Waals surface area contributed by atoms with Crippen LogP contribution >= 0.6 is 0 Å². The first kappa shape index (κ1) is 35.7. The summed E-state index contributed by atoms with van der Waals surface area (Å²) in [5, 5.41) is 12.0. The van der Waals surface area contributed by atoms with Crippen LogP contribution < -0.4 is 9.80 Å². The van der Waals surface area contributed by atoms with Crippen LogP contribution in [0.1, 0.15) is 27.8 Å². The minimum atomic E-state index is 0. The molecule has 0 saturated heterocycles. The fourth-order valence-electron chi connectivity index (χ4n) is 7.81. The maximum absolute atomic E-state index is 9.82. The van der Waals surface area contributed by atoms with E-state index < -0.39 is 0 Å². The molecule has 0 spiro atoms. The van der Waals surface area contributed by atoms with Gasteiger partial charge in [0, 0.05) is 49.8 Å². The molecule has 274 valence electrons. The number of benzene rings is 7. The molecule has 57 heavy (non-hydrogen) atoms. The van der Waals surface area contributed by atoms with Crippen molar-refractivity contribution >= 4 is 55.7 Å². The van der Waals surface area contributed by atoms with Gasteiger partial charge in [0.05, 0.1) is 11.6 Å². The molecular formula is C51H32N5Pt-3. The van der Waals surface area contributed by atoms with Crippen molar-refractivity contribution in [2.45, 2.75) is 0 Å². The first-order valence-corrected chi connectivity index (χ1v) is 18.5. The molecule has 0 radical (unpaired) electrons. The molecule has 7 aromatic carbocycles. The molecule has 1 aliphatic heterocycles. The summed E-state index contributed by atoms with van der Waals surface area (Å²) in [6, 6.07) is 72.7. The minimum Gasteiger partial charge on any atom is -0.488 e. The smallest absolute Gasteiger partial charge is 0.137 e. The van der Waals surface area contributed by atoms with E-state index in [1.54, 1.807) is 12.3 Å². The van der Waals surface area contributed by atoms with Gasteiger partial charge in [-0.1, -0.05) is 120 Å². The summed E-state index contributed by atoms with van der Waals surface area (Å²) in [5.74, 6) is 0.667. The predicted molar refractivity (Wildman–Crippen MR) is 227 cm³/mol. The van der Waals surface area contributed by atoms with Crippen molar-refractivity contribution in [2.75, 3.05) is 9.80 Å².